The molecule has 4 rings (SSSR count). The van der Waals surface area contributed by atoms with Crippen molar-refractivity contribution >= 4 is 5.91 Å². The third-order valence-corrected chi connectivity index (χ3v) is 4.74. The number of fused-ring (bicyclic) bond motifs is 2. The molecule has 2 bridgehead atoms. The van der Waals surface area contributed by atoms with Crippen LogP contribution in [0.3, 0.4) is 0 Å². The van der Waals surface area contributed by atoms with E-state index in [1.165, 1.54) is 12.8 Å². The Morgan fingerprint density at radius 1 is 1.14 bits per heavy atom. The number of hydrogen-bond donors (Lipinski definition) is 2. The third kappa shape index (κ3) is 2.41. The molecule has 2 aromatic rings. The summed E-state index contributed by atoms with van der Waals surface area (Å²) in [6.07, 6.45) is 5.11. The molecule has 2 fully saturated rings. The summed E-state index contributed by atoms with van der Waals surface area (Å²) in [6, 6.07) is 10.9. The molecule has 5 heteroatoms. The van der Waals surface area contributed by atoms with Gasteiger partial charge in [-0.25, -0.2) is 0 Å². The van der Waals surface area contributed by atoms with Gasteiger partial charge in [0.15, 0.2) is 0 Å². The molecular weight excluding hydrogens is 276 g/mol. The van der Waals surface area contributed by atoms with E-state index in [0.717, 1.165) is 30.8 Å². The fourth-order valence-electron chi connectivity index (χ4n) is 3.57. The van der Waals surface area contributed by atoms with Gasteiger partial charge in [-0.3, -0.25) is 9.89 Å². The van der Waals surface area contributed by atoms with E-state index >= 15 is 0 Å². The quantitative estimate of drug-likeness (QED) is 0.891. The molecule has 0 saturated carbocycles. The van der Waals surface area contributed by atoms with Gasteiger partial charge in [0.05, 0.1) is 17.5 Å². The zero-order valence-corrected chi connectivity index (χ0v) is 12.5. The van der Waals surface area contributed by atoms with Gasteiger partial charge in [-0.2, -0.15) is 5.10 Å². The fourth-order valence-corrected chi connectivity index (χ4v) is 3.57. The fraction of sp³-hybridized carbons (Fsp3) is 0.412. The number of hydrogen-bond acceptors (Lipinski definition) is 3. The van der Waals surface area contributed by atoms with Crippen LogP contribution in [0.1, 0.15) is 29.6 Å². The summed E-state index contributed by atoms with van der Waals surface area (Å²) < 4.78 is 0. The standard InChI is InChI=1S/C17H20N4O/c22-17(21-9-8-13-6-7-14(11-21)19-13)15-10-18-20-16(15)12-4-2-1-3-5-12/h1-5,10,13-14,19H,6-9,11H2,(H,18,20). The Kier molecular flexibility index (Phi) is 3.42. The van der Waals surface area contributed by atoms with Gasteiger partial charge in [-0.05, 0) is 19.3 Å². The van der Waals surface area contributed by atoms with E-state index < -0.39 is 0 Å². The monoisotopic (exact) mass is 296 g/mol. The van der Waals surface area contributed by atoms with Crippen LogP contribution in [0.4, 0.5) is 0 Å². The van der Waals surface area contributed by atoms with Crippen molar-refractivity contribution in [2.45, 2.75) is 31.3 Å². The van der Waals surface area contributed by atoms with Crippen molar-refractivity contribution in [3.8, 4) is 11.3 Å². The Morgan fingerprint density at radius 2 is 1.95 bits per heavy atom. The molecule has 0 aliphatic carbocycles. The first kappa shape index (κ1) is 13.5. The number of carbonyl (C=O) groups excluding carboxylic acids is 1. The first-order chi connectivity index (χ1) is 10.8. The Hall–Kier alpha value is -2.14. The molecule has 114 valence electrons. The molecule has 1 aromatic heterocycles. The lowest BCUT2D eigenvalue weighted by atomic mass is 10.1. The summed E-state index contributed by atoms with van der Waals surface area (Å²) >= 11 is 0. The first-order valence-corrected chi connectivity index (χ1v) is 7.95. The molecule has 2 N–H and O–H groups in total. The third-order valence-electron chi connectivity index (χ3n) is 4.74. The maximum atomic E-state index is 12.9. The van der Waals surface area contributed by atoms with Crippen LogP contribution in [-0.2, 0) is 0 Å². The number of nitrogens with zero attached hydrogens (tertiary/aromatic N) is 2. The molecule has 1 aromatic carbocycles. The molecular formula is C17H20N4O. The van der Waals surface area contributed by atoms with Gasteiger partial charge in [0, 0.05) is 30.7 Å². The van der Waals surface area contributed by atoms with Crippen molar-refractivity contribution in [3.63, 3.8) is 0 Å². The number of aromatic nitrogens is 2. The average Bonchev–Trinajstić information content (AvgIpc) is 3.14. The van der Waals surface area contributed by atoms with Crippen LogP contribution in [0, 0.1) is 0 Å². The zero-order valence-electron chi connectivity index (χ0n) is 12.5. The number of carbonyl (C=O) groups is 1. The second kappa shape index (κ2) is 5.57. The van der Waals surface area contributed by atoms with Crippen LogP contribution in [0.5, 0.6) is 0 Å². The van der Waals surface area contributed by atoms with E-state index in [1.54, 1.807) is 6.20 Å². The molecule has 0 radical (unpaired) electrons. The lowest BCUT2D eigenvalue weighted by Gasteiger charge is -2.24. The van der Waals surface area contributed by atoms with Gasteiger partial charge >= 0.3 is 0 Å². The molecule has 22 heavy (non-hydrogen) atoms. The van der Waals surface area contributed by atoms with Crippen molar-refractivity contribution < 1.29 is 4.79 Å². The van der Waals surface area contributed by atoms with Crippen LogP contribution >= 0.6 is 0 Å². The Balaban J connectivity index is 1.60. The molecule has 5 nitrogen and oxygen atoms in total. The molecule has 2 aliphatic rings. The summed E-state index contributed by atoms with van der Waals surface area (Å²) in [5.74, 6) is 0.0851. The van der Waals surface area contributed by atoms with E-state index in [2.05, 4.69) is 15.5 Å². The zero-order chi connectivity index (χ0) is 14.9. The van der Waals surface area contributed by atoms with E-state index in [-0.39, 0.29) is 5.91 Å². The van der Waals surface area contributed by atoms with Gasteiger partial charge in [-0.1, -0.05) is 30.3 Å². The molecule has 3 heterocycles. The van der Waals surface area contributed by atoms with Gasteiger partial charge in [0.25, 0.3) is 5.91 Å². The van der Waals surface area contributed by atoms with E-state index in [1.807, 2.05) is 35.2 Å². The minimum absolute atomic E-state index is 0.0851. The van der Waals surface area contributed by atoms with Gasteiger partial charge < -0.3 is 10.2 Å². The number of benzene rings is 1. The lowest BCUT2D eigenvalue weighted by Crippen LogP contribution is -2.39. The number of nitrogens with one attached hydrogen (secondary N) is 2. The molecule has 2 aliphatic heterocycles. The number of H-pyrrole nitrogens is 1. The maximum Gasteiger partial charge on any atom is 0.257 e. The van der Waals surface area contributed by atoms with Gasteiger partial charge in [-0.15, -0.1) is 0 Å². The summed E-state index contributed by atoms with van der Waals surface area (Å²) in [6.45, 7) is 1.63. The predicted molar refractivity (Wildman–Crippen MR) is 84.5 cm³/mol. The van der Waals surface area contributed by atoms with Crippen molar-refractivity contribution in [1.29, 1.82) is 0 Å². The number of amides is 1. The first-order valence-electron chi connectivity index (χ1n) is 7.95. The Labute approximate surface area is 129 Å². The largest absolute Gasteiger partial charge is 0.337 e. The Bertz CT molecular complexity index is 666. The highest BCUT2D eigenvalue weighted by atomic mass is 16.2. The van der Waals surface area contributed by atoms with Crippen LogP contribution in [0.25, 0.3) is 11.3 Å². The minimum Gasteiger partial charge on any atom is -0.337 e. The van der Waals surface area contributed by atoms with Crippen molar-refractivity contribution in [2.24, 2.45) is 0 Å². The van der Waals surface area contributed by atoms with E-state index in [0.29, 0.717) is 17.6 Å². The average molecular weight is 296 g/mol. The lowest BCUT2D eigenvalue weighted by molar-refractivity contribution is 0.0749. The smallest absolute Gasteiger partial charge is 0.257 e. The van der Waals surface area contributed by atoms with Crippen LogP contribution in [0.15, 0.2) is 36.5 Å². The summed E-state index contributed by atoms with van der Waals surface area (Å²) in [5, 5.41) is 10.7. The van der Waals surface area contributed by atoms with Crippen molar-refractivity contribution in [2.75, 3.05) is 13.1 Å². The topological polar surface area (TPSA) is 61.0 Å². The van der Waals surface area contributed by atoms with Gasteiger partial charge in [0.2, 0.25) is 0 Å². The number of likely N-dealkylation sites (tertiary alicyclic amines) is 1. The van der Waals surface area contributed by atoms with E-state index in [9.17, 15) is 4.79 Å². The predicted octanol–water partition coefficient (Wildman–Crippen LogP) is 2.04. The Morgan fingerprint density at radius 3 is 2.82 bits per heavy atom. The van der Waals surface area contributed by atoms with Crippen LogP contribution in [-0.4, -0.2) is 46.2 Å². The van der Waals surface area contributed by atoms with Crippen LogP contribution < -0.4 is 5.32 Å². The van der Waals surface area contributed by atoms with Crippen molar-refractivity contribution in [3.05, 3.63) is 42.1 Å². The normalized spacial score (nSPS) is 24.3. The minimum atomic E-state index is 0.0851. The molecule has 1 amide bonds. The number of rotatable bonds is 2. The number of aromatic amines is 1. The second-order valence-electron chi connectivity index (χ2n) is 6.20. The second-order valence-corrected chi connectivity index (χ2v) is 6.20. The summed E-state index contributed by atoms with van der Waals surface area (Å²) in [4.78, 5) is 14.9. The highest BCUT2D eigenvalue weighted by Gasteiger charge is 2.32. The van der Waals surface area contributed by atoms with Crippen molar-refractivity contribution in [1.82, 2.24) is 20.4 Å². The van der Waals surface area contributed by atoms with Gasteiger partial charge in [0.1, 0.15) is 0 Å². The van der Waals surface area contributed by atoms with Crippen LogP contribution in [0.2, 0.25) is 0 Å². The highest BCUT2D eigenvalue weighted by molar-refractivity contribution is 5.99. The highest BCUT2D eigenvalue weighted by Crippen LogP contribution is 2.25. The van der Waals surface area contributed by atoms with E-state index in [4.69, 9.17) is 0 Å². The molecule has 2 unspecified atom stereocenters. The summed E-state index contributed by atoms with van der Waals surface area (Å²) in [5.41, 5.74) is 2.48. The maximum absolute atomic E-state index is 12.9. The molecule has 2 atom stereocenters. The SMILES string of the molecule is O=C(c1cn[nH]c1-c1ccccc1)N1CCC2CCC(C1)N2. The summed E-state index contributed by atoms with van der Waals surface area (Å²) in [7, 11) is 0. The molecule has 2 saturated heterocycles. The molecule has 0 spiro atoms.